The Morgan fingerprint density at radius 1 is 1.36 bits per heavy atom. The number of nitrogens with one attached hydrogen (secondary N) is 1. The van der Waals surface area contributed by atoms with Gasteiger partial charge in [-0.15, -0.1) is 11.6 Å². The van der Waals surface area contributed by atoms with E-state index in [1.165, 1.54) is 13.1 Å². The molecule has 1 unspecified atom stereocenters. The summed E-state index contributed by atoms with van der Waals surface area (Å²) in [6.45, 7) is 6.47. The van der Waals surface area contributed by atoms with Crippen LogP contribution in [-0.4, -0.2) is 66.9 Å². The highest BCUT2D eigenvalue weighted by Crippen LogP contribution is 2.14. The molecule has 0 spiro atoms. The van der Waals surface area contributed by atoms with Crippen molar-refractivity contribution in [3.63, 3.8) is 0 Å². The van der Waals surface area contributed by atoms with Crippen LogP contribution < -0.4 is 5.32 Å². The zero-order valence-electron chi connectivity index (χ0n) is 8.21. The number of hydrogen-bond donors (Lipinski definition) is 1. The molecule has 1 amide bonds. The van der Waals surface area contributed by atoms with Gasteiger partial charge in [-0.25, -0.2) is 0 Å². The van der Waals surface area contributed by atoms with Gasteiger partial charge in [-0.05, 0) is 0 Å². The average Bonchev–Trinajstić information content (AvgIpc) is 2.27. The van der Waals surface area contributed by atoms with Gasteiger partial charge in [-0.3, -0.25) is 14.6 Å². The standard InChI is InChI=1S/C9H16ClN3O/c10-5-9(14)11-6-8-7-12-1-3-13(8)4-2-12/h8H,1-7H2,(H,11,14). The Labute approximate surface area is 89.2 Å². The highest BCUT2D eigenvalue weighted by Gasteiger charge is 2.31. The molecule has 2 bridgehead atoms. The van der Waals surface area contributed by atoms with Crippen molar-refractivity contribution >= 4 is 17.5 Å². The monoisotopic (exact) mass is 217 g/mol. The molecule has 80 valence electrons. The quantitative estimate of drug-likeness (QED) is 0.638. The van der Waals surface area contributed by atoms with Crippen molar-refractivity contribution in [2.45, 2.75) is 6.04 Å². The third kappa shape index (κ3) is 2.19. The molecule has 5 heteroatoms. The maximum Gasteiger partial charge on any atom is 0.234 e. The van der Waals surface area contributed by atoms with Gasteiger partial charge in [0.05, 0.1) is 0 Å². The smallest absolute Gasteiger partial charge is 0.234 e. The van der Waals surface area contributed by atoms with E-state index in [0.29, 0.717) is 6.04 Å². The van der Waals surface area contributed by atoms with E-state index in [9.17, 15) is 4.79 Å². The minimum atomic E-state index is -0.0655. The zero-order chi connectivity index (χ0) is 9.97. The summed E-state index contributed by atoms with van der Waals surface area (Å²) in [5.74, 6) is 0.000457. The molecule has 0 aromatic rings. The summed E-state index contributed by atoms with van der Waals surface area (Å²) in [5, 5.41) is 2.85. The van der Waals surface area contributed by atoms with Crippen LogP contribution in [-0.2, 0) is 4.79 Å². The van der Waals surface area contributed by atoms with E-state index >= 15 is 0 Å². The van der Waals surface area contributed by atoms with Crippen LogP contribution >= 0.6 is 11.6 Å². The SMILES string of the molecule is O=C(CCl)NCC1CN2CCN1CC2. The second-order valence-corrected chi connectivity index (χ2v) is 4.20. The number of fused-ring (bicyclic) bond motifs is 3. The van der Waals surface area contributed by atoms with E-state index in [-0.39, 0.29) is 11.8 Å². The molecule has 3 rings (SSSR count). The van der Waals surface area contributed by atoms with Crippen LogP contribution in [0.5, 0.6) is 0 Å². The first-order valence-corrected chi connectivity index (χ1v) is 5.62. The summed E-state index contributed by atoms with van der Waals surface area (Å²) in [7, 11) is 0. The van der Waals surface area contributed by atoms with Gasteiger partial charge in [0.1, 0.15) is 5.88 Å². The number of amides is 1. The minimum absolute atomic E-state index is 0.0655. The fourth-order valence-corrected chi connectivity index (χ4v) is 2.29. The van der Waals surface area contributed by atoms with Gasteiger partial charge >= 0.3 is 0 Å². The van der Waals surface area contributed by atoms with Gasteiger partial charge in [0, 0.05) is 45.3 Å². The van der Waals surface area contributed by atoms with Crippen molar-refractivity contribution in [1.29, 1.82) is 0 Å². The van der Waals surface area contributed by atoms with E-state index in [0.717, 1.165) is 26.2 Å². The zero-order valence-corrected chi connectivity index (χ0v) is 8.96. The molecule has 0 aromatic heterocycles. The first-order chi connectivity index (χ1) is 6.79. The first kappa shape index (κ1) is 10.2. The van der Waals surface area contributed by atoms with E-state index in [1.54, 1.807) is 0 Å². The molecule has 0 radical (unpaired) electrons. The fraction of sp³-hybridized carbons (Fsp3) is 0.889. The second-order valence-electron chi connectivity index (χ2n) is 3.93. The number of rotatable bonds is 3. The topological polar surface area (TPSA) is 35.6 Å². The molecule has 4 nitrogen and oxygen atoms in total. The van der Waals surface area contributed by atoms with Crippen LogP contribution in [0, 0.1) is 0 Å². The molecule has 1 atom stereocenters. The molecule has 3 heterocycles. The lowest BCUT2D eigenvalue weighted by atomic mass is 10.1. The summed E-state index contributed by atoms with van der Waals surface area (Å²) in [6, 6.07) is 0.490. The van der Waals surface area contributed by atoms with E-state index in [4.69, 9.17) is 11.6 Å². The molecule has 0 aliphatic carbocycles. The predicted molar refractivity (Wildman–Crippen MR) is 55.5 cm³/mol. The number of halogens is 1. The fourth-order valence-electron chi connectivity index (χ4n) is 2.20. The van der Waals surface area contributed by atoms with Gasteiger partial charge in [0.15, 0.2) is 0 Å². The number of carbonyl (C=O) groups is 1. The van der Waals surface area contributed by atoms with Gasteiger partial charge in [0.2, 0.25) is 5.91 Å². The summed E-state index contributed by atoms with van der Waals surface area (Å²) < 4.78 is 0. The molecule has 14 heavy (non-hydrogen) atoms. The number of piperazine rings is 3. The lowest BCUT2D eigenvalue weighted by Gasteiger charge is -2.47. The molecule has 3 fully saturated rings. The normalized spacial score (nSPS) is 35.6. The number of nitrogens with zero attached hydrogens (tertiary/aromatic N) is 2. The Bertz CT molecular complexity index is 216. The van der Waals surface area contributed by atoms with Crippen molar-refractivity contribution < 1.29 is 4.79 Å². The lowest BCUT2D eigenvalue weighted by molar-refractivity contribution is -0.119. The van der Waals surface area contributed by atoms with Crippen molar-refractivity contribution in [2.24, 2.45) is 0 Å². The predicted octanol–water partition coefficient (Wildman–Crippen LogP) is -0.659. The van der Waals surface area contributed by atoms with Crippen molar-refractivity contribution in [3.8, 4) is 0 Å². The van der Waals surface area contributed by atoms with Crippen LogP contribution in [0.3, 0.4) is 0 Å². The van der Waals surface area contributed by atoms with E-state index in [2.05, 4.69) is 15.1 Å². The van der Waals surface area contributed by atoms with E-state index < -0.39 is 0 Å². The second kappa shape index (κ2) is 4.47. The van der Waals surface area contributed by atoms with Gasteiger partial charge in [0.25, 0.3) is 0 Å². The summed E-state index contributed by atoms with van der Waals surface area (Å²) in [4.78, 5) is 15.9. The Kier molecular flexibility index (Phi) is 3.26. The largest absolute Gasteiger partial charge is 0.353 e. The summed E-state index contributed by atoms with van der Waals surface area (Å²) in [5.41, 5.74) is 0. The van der Waals surface area contributed by atoms with Crippen LogP contribution in [0.2, 0.25) is 0 Å². The van der Waals surface area contributed by atoms with Crippen molar-refractivity contribution in [3.05, 3.63) is 0 Å². The molecule has 0 saturated carbocycles. The third-order valence-corrected chi connectivity index (χ3v) is 3.29. The number of carbonyl (C=O) groups excluding carboxylic acids is 1. The lowest BCUT2D eigenvalue weighted by Crippen LogP contribution is -2.63. The summed E-state index contributed by atoms with van der Waals surface area (Å²) >= 11 is 5.41. The molecule has 0 aromatic carbocycles. The molecular weight excluding hydrogens is 202 g/mol. The molecule has 1 N–H and O–H groups in total. The maximum atomic E-state index is 11.0. The van der Waals surface area contributed by atoms with Crippen molar-refractivity contribution in [1.82, 2.24) is 15.1 Å². The minimum Gasteiger partial charge on any atom is -0.353 e. The number of alkyl halides is 1. The number of hydrogen-bond acceptors (Lipinski definition) is 3. The Morgan fingerprint density at radius 2 is 2.07 bits per heavy atom. The summed E-state index contributed by atoms with van der Waals surface area (Å²) in [6.07, 6.45) is 0. The first-order valence-electron chi connectivity index (χ1n) is 5.08. The molecule has 3 aliphatic rings. The highest BCUT2D eigenvalue weighted by molar-refractivity contribution is 6.27. The van der Waals surface area contributed by atoms with Crippen LogP contribution in [0.4, 0.5) is 0 Å². The van der Waals surface area contributed by atoms with E-state index in [1.807, 2.05) is 0 Å². The molecule has 3 saturated heterocycles. The van der Waals surface area contributed by atoms with Crippen LogP contribution in [0.25, 0.3) is 0 Å². The van der Waals surface area contributed by atoms with Gasteiger partial charge in [-0.2, -0.15) is 0 Å². The average molecular weight is 218 g/mol. The van der Waals surface area contributed by atoms with Gasteiger partial charge < -0.3 is 5.32 Å². The molecular formula is C9H16ClN3O. The maximum absolute atomic E-state index is 11.0. The Hall–Kier alpha value is -0.320. The van der Waals surface area contributed by atoms with Crippen LogP contribution in [0.1, 0.15) is 0 Å². The highest BCUT2D eigenvalue weighted by atomic mass is 35.5. The van der Waals surface area contributed by atoms with Gasteiger partial charge in [-0.1, -0.05) is 0 Å². The Balaban J connectivity index is 1.78. The molecule has 3 aliphatic heterocycles. The Morgan fingerprint density at radius 3 is 2.57 bits per heavy atom. The van der Waals surface area contributed by atoms with Crippen LogP contribution in [0.15, 0.2) is 0 Å². The third-order valence-electron chi connectivity index (χ3n) is 3.05. The van der Waals surface area contributed by atoms with Crippen molar-refractivity contribution in [2.75, 3.05) is 45.1 Å².